The first-order chi connectivity index (χ1) is 7.97. The molecule has 0 fully saturated rings. The second kappa shape index (κ2) is 8.84. The van der Waals surface area contributed by atoms with Crippen LogP contribution in [0.2, 0.25) is 0 Å². The van der Waals surface area contributed by atoms with Crippen LogP contribution < -0.4 is 0 Å². The van der Waals surface area contributed by atoms with Gasteiger partial charge >= 0.3 is 12.1 Å². The molecule has 17 heavy (non-hydrogen) atoms. The highest BCUT2D eigenvalue weighted by atomic mass is 16.6. The molecule has 0 atom stereocenters. The van der Waals surface area contributed by atoms with E-state index >= 15 is 0 Å². The van der Waals surface area contributed by atoms with Gasteiger partial charge in [0.1, 0.15) is 6.54 Å². The van der Waals surface area contributed by atoms with Crippen molar-refractivity contribution in [1.82, 2.24) is 4.90 Å². The molecule has 5 heteroatoms. The van der Waals surface area contributed by atoms with E-state index in [4.69, 9.17) is 9.47 Å². The minimum absolute atomic E-state index is 0.0688. The van der Waals surface area contributed by atoms with E-state index in [0.717, 1.165) is 12.8 Å². The average Bonchev–Trinajstić information content (AvgIpc) is 2.26. The number of unbranched alkanes of at least 4 members (excludes halogenated alkanes) is 1. The fourth-order valence-corrected chi connectivity index (χ4v) is 0.982. The summed E-state index contributed by atoms with van der Waals surface area (Å²) in [7, 11) is 1.52. The molecular formula is C12H23NO4. The van der Waals surface area contributed by atoms with Crippen LogP contribution in [0.4, 0.5) is 4.79 Å². The van der Waals surface area contributed by atoms with Crippen molar-refractivity contribution in [1.29, 1.82) is 0 Å². The SMILES string of the molecule is CCCCOC(=O)CN(C)C(=O)OCC(C)C. The van der Waals surface area contributed by atoms with Crippen molar-refractivity contribution in [2.45, 2.75) is 33.6 Å². The number of esters is 1. The van der Waals surface area contributed by atoms with Crippen LogP contribution in [0.15, 0.2) is 0 Å². The maximum Gasteiger partial charge on any atom is 0.410 e. The van der Waals surface area contributed by atoms with Crippen LogP contribution in [0.3, 0.4) is 0 Å². The molecule has 0 radical (unpaired) electrons. The highest BCUT2D eigenvalue weighted by Crippen LogP contribution is 1.97. The molecule has 0 aliphatic carbocycles. The third kappa shape index (κ3) is 8.54. The first-order valence-electron chi connectivity index (χ1n) is 6.00. The molecule has 1 amide bonds. The summed E-state index contributed by atoms with van der Waals surface area (Å²) in [5.41, 5.74) is 0. The lowest BCUT2D eigenvalue weighted by molar-refractivity contribution is -0.144. The van der Waals surface area contributed by atoms with Crippen LogP contribution in [-0.4, -0.2) is 43.8 Å². The summed E-state index contributed by atoms with van der Waals surface area (Å²) in [6, 6.07) is 0. The molecule has 0 saturated heterocycles. The molecule has 0 spiro atoms. The quantitative estimate of drug-likeness (QED) is 0.509. The number of carbonyl (C=O) groups excluding carboxylic acids is 2. The average molecular weight is 245 g/mol. The van der Waals surface area contributed by atoms with Gasteiger partial charge in [0.15, 0.2) is 0 Å². The van der Waals surface area contributed by atoms with E-state index in [0.29, 0.717) is 13.2 Å². The minimum Gasteiger partial charge on any atom is -0.464 e. The molecule has 0 aromatic rings. The van der Waals surface area contributed by atoms with E-state index in [-0.39, 0.29) is 12.5 Å². The van der Waals surface area contributed by atoms with Gasteiger partial charge in [0.25, 0.3) is 0 Å². The molecule has 100 valence electrons. The number of hydrogen-bond donors (Lipinski definition) is 0. The summed E-state index contributed by atoms with van der Waals surface area (Å²) in [5, 5.41) is 0. The van der Waals surface area contributed by atoms with Crippen LogP contribution in [0.5, 0.6) is 0 Å². The molecule has 0 unspecified atom stereocenters. The number of hydrogen-bond acceptors (Lipinski definition) is 4. The second-order valence-corrected chi connectivity index (χ2v) is 4.40. The van der Waals surface area contributed by atoms with Crippen molar-refractivity contribution in [3.63, 3.8) is 0 Å². The lowest BCUT2D eigenvalue weighted by Crippen LogP contribution is -2.34. The second-order valence-electron chi connectivity index (χ2n) is 4.40. The zero-order valence-corrected chi connectivity index (χ0v) is 11.2. The van der Waals surface area contributed by atoms with Gasteiger partial charge < -0.3 is 14.4 Å². The fourth-order valence-electron chi connectivity index (χ4n) is 0.982. The first kappa shape index (κ1) is 15.7. The van der Waals surface area contributed by atoms with Gasteiger partial charge in [-0.05, 0) is 12.3 Å². The fraction of sp³-hybridized carbons (Fsp3) is 0.833. The highest BCUT2D eigenvalue weighted by molar-refractivity contribution is 5.77. The first-order valence-corrected chi connectivity index (χ1v) is 6.00. The Morgan fingerprint density at radius 2 is 1.88 bits per heavy atom. The number of rotatable bonds is 7. The largest absolute Gasteiger partial charge is 0.464 e. The molecule has 0 aliphatic heterocycles. The third-order valence-corrected chi connectivity index (χ3v) is 1.98. The Bertz CT molecular complexity index is 241. The van der Waals surface area contributed by atoms with E-state index in [1.54, 1.807) is 0 Å². The number of carbonyl (C=O) groups is 2. The van der Waals surface area contributed by atoms with Gasteiger partial charge in [-0.25, -0.2) is 4.79 Å². The number of nitrogens with zero attached hydrogens (tertiary/aromatic N) is 1. The molecule has 0 saturated carbocycles. The van der Waals surface area contributed by atoms with Gasteiger partial charge in [-0.15, -0.1) is 0 Å². The van der Waals surface area contributed by atoms with Crippen molar-refractivity contribution in [3.05, 3.63) is 0 Å². The molecule has 0 rings (SSSR count). The summed E-state index contributed by atoms with van der Waals surface area (Å²) >= 11 is 0. The minimum atomic E-state index is -0.494. The molecular weight excluding hydrogens is 222 g/mol. The van der Waals surface area contributed by atoms with Gasteiger partial charge in [-0.3, -0.25) is 4.79 Å². The topological polar surface area (TPSA) is 55.8 Å². The zero-order valence-electron chi connectivity index (χ0n) is 11.2. The zero-order chi connectivity index (χ0) is 13.3. The van der Waals surface area contributed by atoms with Crippen LogP contribution in [0.1, 0.15) is 33.6 Å². The van der Waals surface area contributed by atoms with Gasteiger partial charge in [0, 0.05) is 7.05 Å². The Labute approximate surface area is 103 Å². The lowest BCUT2D eigenvalue weighted by Gasteiger charge is -2.16. The van der Waals surface area contributed by atoms with Crippen molar-refractivity contribution in [2.75, 3.05) is 26.8 Å². The number of ether oxygens (including phenoxy) is 2. The normalized spacial score (nSPS) is 10.2. The van der Waals surface area contributed by atoms with Gasteiger partial charge in [0.05, 0.1) is 13.2 Å². The maximum atomic E-state index is 11.4. The Balaban J connectivity index is 3.78. The Kier molecular flexibility index (Phi) is 8.19. The van der Waals surface area contributed by atoms with Crippen LogP contribution >= 0.6 is 0 Å². The number of amides is 1. The molecule has 0 heterocycles. The predicted octanol–water partition coefficient (Wildman–Crippen LogP) is 2.05. The Morgan fingerprint density at radius 1 is 1.24 bits per heavy atom. The number of likely N-dealkylation sites (N-methyl/N-ethyl adjacent to an activating group) is 1. The molecule has 0 aromatic carbocycles. The molecule has 0 aromatic heterocycles. The Hall–Kier alpha value is -1.26. The van der Waals surface area contributed by atoms with Crippen molar-refractivity contribution in [2.24, 2.45) is 5.92 Å². The predicted molar refractivity (Wildman–Crippen MR) is 64.7 cm³/mol. The molecule has 0 bridgehead atoms. The van der Waals surface area contributed by atoms with Crippen LogP contribution in [0, 0.1) is 5.92 Å². The molecule has 0 aliphatic rings. The van der Waals surface area contributed by atoms with Gasteiger partial charge in [-0.1, -0.05) is 27.2 Å². The van der Waals surface area contributed by atoms with Crippen LogP contribution in [-0.2, 0) is 14.3 Å². The van der Waals surface area contributed by atoms with Gasteiger partial charge in [0.2, 0.25) is 0 Å². The van der Waals surface area contributed by atoms with E-state index in [2.05, 4.69) is 0 Å². The van der Waals surface area contributed by atoms with E-state index < -0.39 is 12.1 Å². The summed E-state index contributed by atoms with van der Waals surface area (Å²) < 4.78 is 9.91. The van der Waals surface area contributed by atoms with Crippen LogP contribution in [0.25, 0.3) is 0 Å². The summed E-state index contributed by atoms with van der Waals surface area (Å²) in [4.78, 5) is 23.9. The smallest absolute Gasteiger partial charge is 0.410 e. The molecule has 5 nitrogen and oxygen atoms in total. The van der Waals surface area contributed by atoms with Crippen molar-refractivity contribution >= 4 is 12.1 Å². The summed E-state index contributed by atoms with van der Waals surface area (Å²) in [6.07, 6.45) is 1.32. The van der Waals surface area contributed by atoms with Gasteiger partial charge in [-0.2, -0.15) is 0 Å². The highest BCUT2D eigenvalue weighted by Gasteiger charge is 2.15. The standard InChI is InChI=1S/C12H23NO4/c1-5-6-7-16-11(14)8-13(4)12(15)17-9-10(2)3/h10H,5-9H2,1-4H3. The van der Waals surface area contributed by atoms with E-state index in [9.17, 15) is 9.59 Å². The Morgan fingerprint density at radius 3 is 2.41 bits per heavy atom. The summed E-state index contributed by atoms with van der Waals surface area (Å²) in [6.45, 7) is 6.61. The van der Waals surface area contributed by atoms with E-state index in [1.165, 1.54) is 11.9 Å². The monoisotopic (exact) mass is 245 g/mol. The van der Waals surface area contributed by atoms with Crippen molar-refractivity contribution < 1.29 is 19.1 Å². The summed E-state index contributed by atoms with van der Waals surface area (Å²) in [5.74, 6) is -0.119. The molecule has 0 N–H and O–H groups in total. The lowest BCUT2D eigenvalue weighted by atomic mass is 10.2. The third-order valence-electron chi connectivity index (χ3n) is 1.98. The van der Waals surface area contributed by atoms with E-state index in [1.807, 2.05) is 20.8 Å². The maximum absolute atomic E-state index is 11.4. The van der Waals surface area contributed by atoms with Crippen molar-refractivity contribution in [3.8, 4) is 0 Å².